The van der Waals surface area contributed by atoms with Gasteiger partial charge >= 0.3 is 0 Å². The number of rotatable bonds is 2. The van der Waals surface area contributed by atoms with Gasteiger partial charge in [-0.25, -0.2) is 4.98 Å². The van der Waals surface area contributed by atoms with Crippen LogP contribution in [0.2, 0.25) is 0 Å². The molecule has 1 aromatic carbocycles. The summed E-state index contributed by atoms with van der Waals surface area (Å²) in [5, 5.41) is 0. The van der Waals surface area contributed by atoms with Crippen molar-refractivity contribution in [3.05, 3.63) is 48.0 Å². The third-order valence-corrected chi connectivity index (χ3v) is 7.67. The van der Waals surface area contributed by atoms with E-state index in [0.717, 1.165) is 34.9 Å². The Labute approximate surface area is 160 Å². The summed E-state index contributed by atoms with van der Waals surface area (Å²) in [7, 11) is 2.23. The lowest BCUT2D eigenvalue weighted by molar-refractivity contribution is -0.00633. The van der Waals surface area contributed by atoms with E-state index in [2.05, 4.69) is 46.9 Å². The molecule has 0 atom stereocenters. The minimum atomic E-state index is 0.682. The second-order valence-electron chi connectivity index (χ2n) is 9.37. The van der Waals surface area contributed by atoms with E-state index in [1.54, 1.807) is 0 Å². The molecule has 0 spiro atoms. The second kappa shape index (κ2) is 5.67. The fourth-order valence-electron chi connectivity index (χ4n) is 6.77. The molecule has 3 aromatic rings. The van der Waals surface area contributed by atoms with Crippen LogP contribution >= 0.6 is 0 Å². The van der Waals surface area contributed by atoms with Crippen LogP contribution in [0.5, 0.6) is 0 Å². The van der Waals surface area contributed by atoms with Crippen LogP contribution in [0.3, 0.4) is 0 Å². The summed E-state index contributed by atoms with van der Waals surface area (Å²) in [5.41, 5.74) is 5.94. The molecule has 138 valence electrons. The second-order valence-corrected chi connectivity index (χ2v) is 9.37. The molecule has 3 heteroatoms. The van der Waals surface area contributed by atoms with Crippen molar-refractivity contribution in [3.8, 4) is 11.1 Å². The highest BCUT2D eigenvalue weighted by Crippen LogP contribution is 2.59. The largest absolute Gasteiger partial charge is 0.331 e. The Bertz CT molecular complexity index is 1000. The fraction of sp³-hybridized carbons (Fsp3) is 0.500. The van der Waals surface area contributed by atoms with Gasteiger partial charge in [-0.2, -0.15) is 0 Å². The molecule has 2 heterocycles. The quantitative estimate of drug-likeness (QED) is 0.608. The molecule has 4 fully saturated rings. The summed E-state index contributed by atoms with van der Waals surface area (Å²) in [6, 6.07) is 11.0. The van der Waals surface area contributed by atoms with Gasteiger partial charge < -0.3 is 4.57 Å². The Morgan fingerprint density at radius 2 is 1.59 bits per heavy atom. The standard InChI is InChI=1S/C24H27N3/c1-14-7-18(5-6-25-14)17-3-4-22-21(13-17)26-24(27(22)2)23-19-9-15-8-16(11-19)12-20(23)10-15/h3-7,13,15-16,19-20,23H,8-12H2,1-2H3. The maximum Gasteiger partial charge on any atom is 0.113 e. The molecule has 4 bridgehead atoms. The van der Waals surface area contributed by atoms with Crippen LogP contribution in [0.25, 0.3) is 22.2 Å². The molecule has 0 unspecified atom stereocenters. The topological polar surface area (TPSA) is 30.7 Å². The van der Waals surface area contributed by atoms with Gasteiger partial charge in [0.1, 0.15) is 5.82 Å². The smallest absolute Gasteiger partial charge is 0.113 e. The van der Waals surface area contributed by atoms with Crippen LogP contribution in [0.15, 0.2) is 36.5 Å². The Balaban J connectivity index is 1.43. The van der Waals surface area contributed by atoms with Gasteiger partial charge in [-0.15, -0.1) is 0 Å². The van der Waals surface area contributed by atoms with E-state index in [1.807, 2.05) is 13.1 Å². The average molecular weight is 358 g/mol. The first-order valence-corrected chi connectivity index (χ1v) is 10.5. The number of nitrogens with zero attached hydrogens (tertiary/aromatic N) is 3. The molecule has 4 aliphatic rings. The fourth-order valence-corrected chi connectivity index (χ4v) is 6.77. The lowest BCUT2D eigenvalue weighted by Crippen LogP contribution is -2.44. The monoisotopic (exact) mass is 357 g/mol. The predicted molar refractivity (Wildman–Crippen MR) is 108 cm³/mol. The van der Waals surface area contributed by atoms with Crippen molar-refractivity contribution in [3.63, 3.8) is 0 Å². The molecule has 3 nitrogen and oxygen atoms in total. The maximum atomic E-state index is 5.21. The van der Waals surface area contributed by atoms with Gasteiger partial charge in [-0.1, -0.05) is 6.07 Å². The first kappa shape index (κ1) is 15.9. The molecule has 4 aliphatic carbocycles. The summed E-state index contributed by atoms with van der Waals surface area (Å²) in [6.07, 6.45) is 9.19. The minimum Gasteiger partial charge on any atom is -0.331 e. The Morgan fingerprint density at radius 1 is 0.889 bits per heavy atom. The molecule has 4 saturated carbocycles. The summed E-state index contributed by atoms with van der Waals surface area (Å²) in [6.45, 7) is 2.05. The Hall–Kier alpha value is -2.16. The number of fused-ring (bicyclic) bond motifs is 1. The van der Waals surface area contributed by atoms with Gasteiger partial charge in [0, 0.05) is 24.9 Å². The highest BCUT2D eigenvalue weighted by molar-refractivity contribution is 5.82. The summed E-state index contributed by atoms with van der Waals surface area (Å²) in [5.74, 6) is 5.81. The van der Waals surface area contributed by atoms with Gasteiger partial charge in [-0.05, 0) is 98.1 Å². The van der Waals surface area contributed by atoms with Crippen molar-refractivity contribution in [2.24, 2.45) is 30.7 Å². The molecular weight excluding hydrogens is 330 g/mol. The molecule has 0 N–H and O–H groups in total. The number of aromatic nitrogens is 3. The number of imidazole rings is 1. The highest BCUT2D eigenvalue weighted by Gasteiger charge is 2.49. The zero-order chi connectivity index (χ0) is 18.1. The molecule has 7 rings (SSSR count). The van der Waals surface area contributed by atoms with Crippen LogP contribution in [-0.2, 0) is 7.05 Å². The van der Waals surface area contributed by atoms with Crippen molar-refractivity contribution in [1.29, 1.82) is 0 Å². The van der Waals surface area contributed by atoms with Crippen molar-refractivity contribution < 1.29 is 0 Å². The Morgan fingerprint density at radius 3 is 2.30 bits per heavy atom. The number of aryl methyl sites for hydroxylation is 2. The number of hydrogen-bond donors (Lipinski definition) is 0. The van der Waals surface area contributed by atoms with Gasteiger partial charge in [0.25, 0.3) is 0 Å². The van der Waals surface area contributed by atoms with Gasteiger partial charge in [0.2, 0.25) is 0 Å². The first-order valence-electron chi connectivity index (χ1n) is 10.5. The molecule has 27 heavy (non-hydrogen) atoms. The number of pyridine rings is 1. The maximum absolute atomic E-state index is 5.21. The van der Waals surface area contributed by atoms with E-state index in [0.29, 0.717) is 5.92 Å². The minimum absolute atomic E-state index is 0.682. The number of benzene rings is 1. The van der Waals surface area contributed by atoms with E-state index in [9.17, 15) is 0 Å². The molecular formula is C24H27N3. The number of hydrogen-bond acceptors (Lipinski definition) is 2. The van der Waals surface area contributed by atoms with Crippen molar-refractivity contribution >= 4 is 11.0 Å². The first-order chi connectivity index (χ1) is 13.2. The Kier molecular flexibility index (Phi) is 3.33. The highest BCUT2D eigenvalue weighted by atomic mass is 15.1. The van der Waals surface area contributed by atoms with Crippen LogP contribution in [-0.4, -0.2) is 14.5 Å². The molecule has 2 aromatic heterocycles. The molecule has 0 saturated heterocycles. The van der Waals surface area contributed by atoms with Gasteiger partial charge in [-0.3, -0.25) is 4.98 Å². The van der Waals surface area contributed by atoms with E-state index in [4.69, 9.17) is 4.98 Å². The lowest BCUT2D eigenvalue weighted by atomic mass is 9.51. The van der Waals surface area contributed by atoms with Crippen LogP contribution in [0, 0.1) is 30.6 Å². The van der Waals surface area contributed by atoms with Crippen molar-refractivity contribution in [1.82, 2.24) is 14.5 Å². The van der Waals surface area contributed by atoms with E-state index >= 15 is 0 Å². The predicted octanol–water partition coefficient (Wildman–Crippen LogP) is 5.48. The molecule has 0 amide bonds. The third-order valence-electron chi connectivity index (χ3n) is 7.67. The van der Waals surface area contributed by atoms with Crippen molar-refractivity contribution in [2.75, 3.05) is 0 Å². The van der Waals surface area contributed by atoms with Crippen LogP contribution in [0.1, 0.15) is 49.5 Å². The SMILES string of the molecule is Cc1cc(-c2ccc3c(c2)nc(C2C4CC5CC(C4)CC2C5)n3C)ccn1. The zero-order valence-electron chi connectivity index (χ0n) is 16.2. The van der Waals surface area contributed by atoms with E-state index < -0.39 is 0 Å². The van der Waals surface area contributed by atoms with Crippen molar-refractivity contribution in [2.45, 2.75) is 44.9 Å². The van der Waals surface area contributed by atoms with Crippen LogP contribution in [0.4, 0.5) is 0 Å². The summed E-state index contributed by atoms with van der Waals surface area (Å²) >= 11 is 0. The third kappa shape index (κ3) is 2.40. The van der Waals surface area contributed by atoms with Gasteiger partial charge in [0.05, 0.1) is 11.0 Å². The summed E-state index contributed by atoms with van der Waals surface area (Å²) < 4.78 is 2.39. The van der Waals surface area contributed by atoms with E-state index in [1.165, 1.54) is 54.6 Å². The van der Waals surface area contributed by atoms with E-state index in [-0.39, 0.29) is 0 Å². The molecule has 0 radical (unpaired) electrons. The normalized spacial score (nSPS) is 31.7. The lowest BCUT2D eigenvalue weighted by Gasteiger charge is -2.54. The summed E-state index contributed by atoms with van der Waals surface area (Å²) in [4.78, 5) is 9.54. The zero-order valence-corrected chi connectivity index (χ0v) is 16.2. The van der Waals surface area contributed by atoms with Gasteiger partial charge in [0.15, 0.2) is 0 Å². The average Bonchev–Trinajstić information content (AvgIpc) is 2.97. The van der Waals surface area contributed by atoms with Crippen LogP contribution < -0.4 is 0 Å². The molecule has 0 aliphatic heterocycles.